The Morgan fingerprint density at radius 2 is 1.74 bits per heavy atom. The van der Waals surface area contributed by atoms with Crippen LogP contribution in [0.5, 0.6) is 5.75 Å². The molecule has 2 heterocycles. The second-order valence-corrected chi connectivity index (χ2v) is 6.04. The van der Waals surface area contributed by atoms with Crippen molar-refractivity contribution >= 4 is 16.9 Å². The minimum atomic E-state index is -0.259. The van der Waals surface area contributed by atoms with Gasteiger partial charge in [-0.25, -0.2) is 15.0 Å². The average molecular weight is 359 g/mol. The molecule has 0 saturated heterocycles. The molecule has 0 bridgehead atoms. The van der Waals surface area contributed by atoms with Gasteiger partial charge in [-0.2, -0.15) is 0 Å². The summed E-state index contributed by atoms with van der Waals surface area (Å²) in [6.07, 6.45) is 3.44. The van der Waals surface area contributed by atoms with E-state index in [4.69, 9.17) is 10.5 Å². The largest absolute Gasteiger partial charge is 0.497 e. The Kier molecular flexibility index (Phi) is 4.25. The van der Waals surface area contributed by atoms with Gasteiger partial charge in [-0.3, -0.25) is 9.36 Å². The summed E-state index contributed by atoms with van der Waals surface area (Å²) in [5.74, 6) is 1.31. The van der Waals surface area contributed by atoms with Crippen molar-refractivity contribution in [2.24, 2.45) is 0 Å². The van der Waals surface area contributed by atoms with Crippen LogP contribution in [0.15, 0.2) is 65.7 Å². The van der Waals surface area contributed by atoms with Gasteiger partial charge in [0, 0.05) is 12.1 Å². The minimum Gasteiger partial charge on any atom is -0.497 e. The SMILES string of the molecule is COc1ccc(-n2c(=O)cnc3cnc(Cc4ccc(N)cc4)nc32)cc1. The number of nitrogens with zero attached hydrogens (tertiary/aromatic N) is 4. The molecule has 7 heteroatoms. The number of hydrogen-bond donors (Lipinski definition) is 1. The maximum absolute atomic E-state index is 12.5. The van der Waals surface area contributed by atoms with Gasteiger partial charge in [0.2, 0.25) is 0 Å². The molecule has 0 aliphatic heterocycles. The quantitative estimate of drug-likeness (QED) is 0.562. The zero-order chi connectivity index (χ0) is 18.8. The number of rotatable bonds is 4. The Hall–Kier alpha value is -3.74. The van der Waals surface area contributed by atoms with Crippen molar-refractivity contribution in [1.82, 2.24) is 19.5 Å². The Morgan fingerprint density at radius 1 is 1.00 bits per heavy atom. The molecule has 27 heavy (non-hydrogen) atoms. The smallest absolute Gasteiger partial charge is 0.275 e. The highest BCUT2D eigenvalue weighted by Gasteiger charge is 2.10. The van der Waals surface area contributed by atoms with Gasteiger partial charge in [-0.05, 0) is 42.0 Å². The monoisotopic (exact) mass is 359 g/mol. The zero-order valence-electron chi connectivity index (χ0n) is 14.7. The van der Waals surface area contributed by atoms with Gasteiger partial charge in [-0.1, -0.05) is 12.1 Å². The first-order valence-corrected chi connectivity index (χ1v) is 8.36. The van der Waals surface area contributed by atoms with E-state index in [0.717, 1.165) is 5.56 Å². The van der Waals surface area contributed by atoms with Gasteiger partial charge in [0.1, 0.15) is 17.1 Å². The van der Waals surface area contributed by atoms with E-state index in [1.165, 1.54) is 10.8 Å². The predicted molar refractivity (Wildman–Crippen MR) is 103 cm³/mol. The van der Waals surface area contributed by atoms with Crippen LogP contribution in [-0.2, 0) is 6.42 Å². The molecule has 0 aliphatic carbocycles. The Balaban J connectivity index is 1.81. The lowest BCUT2D eigenvalue weighted by molar-refractivity contribution is 0.414. The van der Waals surface area contributed by atoms with Crippen LogP contribution >= 0.6 is 0 Å². The van der Waals surface area contributed by atoms with Crippen molar-refractivity contribution in [2.75, 3.05) is 12.8 Å². The number of anilines is 1. The van der Waals surface area contributed by atoms with Gasteiger partial charge in [0.25, 0.3) is 5.56 Å². The molecule has 0 unspecified atom stereocenters. The van der Waals surface area contributed by atoms with Crippen molar-refractivity contribution in [3.05, 3.63) is 82.7 Å². The molecule has 4 aromatic rings. The first-order chi connectivity index (χ1) is 13.1. The van der Waals surface area contributed by atoms with Crippen molar-refractivity contribution in [1.29, 1.82) is 0 Å². The van der Waals surface area contributed by atoms with Crippen molar-refractivity contribution in [3.63, 3.8) is 0 Å². The molecule has 4 rings (SSSR count). The Labute approximate surface area is 155 Å². The van der Waals surface area contributed by atoms with Crippen molar-refractivity contribution in [3.8, 4) is 11.4 Å². The molecular formula is C20H17N5O2. The Bertz CT molecular complexity index is 1150. The summed E-state index contributed by atoms with van der Waals surface area (Å²) in [5, 5.41) is 0. The molecule has 0 spiro atoms. The number of aromatic nitrogens is 4. The maximum atomic E-state index is 12.5. The molecule has 0 amide bonds. The topological polar surface area (TPSA) is 95.9 Å². The first kappa shape index (κ1) is 16.7. The van der Waals surface area contributed by atoms with E-state index in [1.54, 1.807) is 37.6 Å². The summed E-state index contributed by atoms with van der Waals surface area (Å²) in [7, 11) is 1.60. The van der Waals surface area contributed by atoms with Crippen molar-refractivity contribution < 1.29 is 4.74 Å². The molecule has 134 valence electrons. The van der Waals surface area contributed by atoms with E-state index in [0.29, 0.717) is 40.5 Å². The van der Waals surface area contributed by atoms with Crippen molar-refractivity contribution in [2.45, 2.75) is 6.42 Å². The minimum absolute atomic E-state index is 0.259. The van der Waals surface area contributed by atoms with E-state index >= 15 is 0 Å². The summed E-state index contributed by atoms with van der Waals surface area (Å²) in [4.78, 5) is 25.6. The molecular weight excluding hydrogens is 342 g/mol. The fraction of sp³-hybridized carbons (Fsp3) is 0.100. The highest BCUT2D eigenvalue weighted by atomic mass is 16.5. The lowest BCUT2D eigenvalue weighted by Crippen LogP contribution is -2.20. The maximum Gasteiger partial charge on any atom is 0.275 e. The molecule has 2 aromatic carbocycles. The van der Waals surface area contributed by atoms with E-state index in [1.807, 2.05) is 24.3 Å². The second kappa shape index (κ2) is 6.87. The summed E-state index contributed by atoms with van der Waals surface area (Å²) >= 11 is 0. The number of fused-ring (bicyclic) bond motifs is 1. The summed E-state index contributed by atoms with van der Waals surface area (Å²) in [6, 6.07) is 14.7. The molecule has 0 saturated carbocycles. The third-order valence-electron chi connectivity index (χ3n) is 4.22. The van der Waals surface area contributed by atoms with Gasteiger partial charge in [0.05, 0.1) is 25.2 Å². The van der Waals surface area contributed by atoms with Crippen LogP contribution in [0.1, 0.15) is 11.4 Å². The fourth-order valence-electron chi connectivity index (χ4n) is 2.83. The number of nitrogen functional groups attached to an aromatic ring is 1. The molecule has 0 atom stereocenters. The van der Waals surface area contributed by atoms with Gasteiger partial charge in [-0.15, -0.1) is 0 Å². The lowest BCUT2D eigenvalue weighted by atomic mass is 10.1. The van der Waals surface area contributed by atoms with Gasteiger partial charge in [0.15, 0.2) is 5.65 Å². The fourth-order valence-corrected chi connectivity index (χ4v) is 2.83. The van der Waals surface area contributed by atoms with Gasteiger partial charge < -0.3 is 10.5 Å². The first-order valence-electron chi connectivity index (χ1n) is 8.36. The highest BCUT2D eigenvalue weighted by Crippen LogP contribution is 2.17. The van der Waals surface area contributed by atoms with E-state index in [-0.39, 0.29) is 5.56 Å². The predicted octanol–water partition coefficient (Wildman–Crippen LogP) is 2.36. The highest BCUT2D eigenvalue weighted by molar-refractivity contribution is 5.71. The molecule has 7 nitrogen and oxygen atoms in total. The molecule has 0 aliphatic rings. The van der Waals surface area contributed by atoms with E-state index < -0.39 is 0 Å². The van der Waals surface area contributed by atoms with Gasteiger partial charge >= 0.3 is 0 Å². The number of hydrogen-bond acceptors (Lipinski definition) is 6. The van der Waals surface area contributed by atoms with Crippen LogP contribution in [0.4, 0.5) is 5.69 Å². The molecule has 2 aromatic heterocycles. The van der Waals surface area contributed by atoms with E-state index in [2.05, 4.69) is 15.0 Å². The van der Waals surface area contributed by atoms with Crippen LogP contribution in [0.25, 0.3) is 16.9 Å². The van der Waals surface area contributed by atoms with Crippen LogP contribution < -0.4 is 16.0 Å². The number of benzene rings is 2. The second-order valence-electron chi connectivity index (χ2n) is 6.04. The standard InChI is InChI=1S/C20H17N5O2/c1-27-16-8-6-15(7-9-16)25-19(26)12-22-17-11-23-18(24-20(17)25)10-13-2-4-14(21)5-3-13/h2-9,11-12H,10,21H2,1H3. The summed E-state index contributed by atoms with van der Waals surface area (Å²) < 4.78 is 6.71. The van der Waals surface area contributed by atoms with Crippen LogP contribution in [-0.4, -0.2) is 26.6 Å². The summed E-state index contributed by atoms with van der Waals surface area (Å²) in [6.45, 7) is 0. The molecule has 2 N–H and O–H groups in total. The number of ether oxygens (including phenoxy) is 1. The molecule has 0 radical (unpaired) electrons. The molecule has 0 fully saturated rings. The lowest BCUT2D eigenvalue weighted by Gasteiger charge is -2.10. The zero-order valence-corrected chi connectivity index (χ0v) is 14.7. The van der Waals surface area contributed by atoms with Crippen LogP contribution in [0.3, 0.4) is 0 Å². The third kappa shape index (κ3) is 3.35. The van der Waals surface area contributed by atoms with Crippen LogP contribution in [0.2, 0.25) is 0 Å². The van der Waals surface area contributed by atoms with Crippen LogP contribution in [0, 0.1) is 0 Å². The van der Waals surface area contributed by atoms with E-state index in [9.17, 15) is 4.79 Å². The summed E-state index contributed by atoms with van der Waals surface area (Å²) in [5.41, 5.74) is 8.91. The third-order valence-corrected chi connectivity index (χ3v) is 4.22. The Morgan fingerprint density at radius 3 is 2.44 bits per heavy atom. The normalized spacial score (nSPS) is 10.9. The average Bonchev–Trinajstić information content (AvgIpc) is 2.70. The number of methoxy groups -OCH3 is 1. The number of nitrogens with two attached hydrogens (primary N) is 1.